The van der Waals surface area contributed by atoms with E-state index in [4.69, 9.17) is 9.47 Å². The van der Waals surface area contributed by atoms with E-state index in [1.807, 2.05) is 12.1 Å². The number of carbonyl (C=O) groups excluding carboxylic acids is 2. The summed E-state index contributed by atoms with van der Waals surface area (Å²) < 4.78 is 38.0. The molecule has 0 aliphatic rings. The minimum absolute atomic E-state index is 0.0477. The van der Waals surface area contributed by atoms with Crippen LogP contribution in [0.3, 0.4) is 0 Å². The van der Waals surface area contributed by atoms with Crippen molar-refractivity contribution in [2.75, 3.05) is 24.9 Å². The maximum atomic E-state index is 13.7. The van der Waals surface area contributed by atoms with Crippen LogP contribution in [-0.2, 0) is 0 Å². The number of benzene rings is 4. The number of halogens is 2. The van der Waals surface area contributed by atoms with E-state index in [1.165, 1.54) is 50.6 Å². The second-order valence-corrected chi connectivity index (χ2v) is 10.4. The van der Waals surface area contributed by atoms with Crippen LogP contribution in [-0.4, -0.2) is 36.0 Å². The van der Waals surface area contributed by atoms with Gasteiger partial charge in [0, 0.05) is 24.5 Å². The molecule has 0 atom stereocenters. The molecule has 14 heteroatoms. The fourth-order valence-electron chi connectivity index (χ4n) is 4.40. The predicted molar refractivity (Wildman–Crippen MR) is 192 cm³/mol. The van der Waals surface area contributed by atoms with Gasteiger partial charge in [-0.05, 0) is 72.8 Å². The Balaban J connectivity index is 0.000000201. The largest absolute Gasteiger partial charge is 0.494 e. The second kappa shape index (κ2) is 18.0. The average molecular weight is 701 g/mol. The highest BCUT2D eigenvalue weighted by atomic mass is 19.1. The number of aromatic nitrogens is 2. The van der Waals surface area contributed by atoms with Crippen LogP contribution in [0.1, 0.15) is 20.7 Å². The second-order valence-electron chi connectivity index (χ2n) is 10.4. The average Bonchev–Trinajstić information content (AvgIpc) is 3.18. The van der Waals surface area contributed by atoms with Gasteiger partial charge in [-0.1, -0.05) is 36.4 Å². The maximum absolute atomic E-state index is 13.7. The minimum Gasteiger partial charge on any atom is -0.494 e. The molecule has 2 N–H and O–H groups in total. The van der Waals surface area contributed by atoms with Crippen molar-refractivity contribution < 1.29 is 27.8 Å². The van der Waals surface area contributed by atoms with E-state index in [2.05, 4.69) is 41.1 Å². The number of carbonyl (C=O) groups is 2. The zero-order valence-corrected chi connectivity index (χ0v) is 27.8. The van der Waals surface area contributed by atoms with Crippen molar-refractivity contribution in [1.29, 1.82) is 0 Å². The van der Waals surface area contributed by atoms with Crippen molar-refractivity contribution in [3.05, 3.63) is 156 Å². The number of amides is 2. The van der Waals surface area contributed by atoms with Gasteiger partial charge in [-0.25, -0.2) is 18.7 Å². The monoisotopic (exact) mass is 700 g/mol. The lowest BCUT2D eigenvalue weighted by Gasteiger charge is -2.11. The highest BCUT2D eigenvalue weighted by Crippen LogP contribution is 2.32. The number of anilines is 2. The van der Waals surface area contributed by atoms with Crippen LogP contribution >= 0.6 is 0 Å². The number of hydrogen-bond acceptors (Lipinski definition) is 10. The first-order valence-electron chi connectivity index (χ1n) is 15.5. The Kier molecular flexibility index (Phi) is 12.5. The van der Waals surface area contributed by atoms with Gasteiger partial charge < -0.3 is 20.1 Å². The van der Waals surface area contributed by atoms with Gasteiger partial charge in [0.1, 0.15) is 23.1 Å². The molecule has 0 saturated heterocycles. The number of nitrogens with zero attached hydrogens (tertiary/aromatic N) is 6. The molecule has 0 fully saturated rings. The molecule has 0 aliphatic heterocycles. The summed E-state index contributed by atoms with van der Waals surface area (Å²) in [4.78, 5) is 32.6. The number of azo groups is 2. The van der Waals surface area contributed by atoms with E-state index in [-0.39, 0.29) is 11.1 Å². The van der Waals surface area contributed by atoms with E-state index in [0.717, 1.165) is 0 Å². The van der Waals surface area contributed by atoms with Crippen molar-refractivity contribution >= 4 is 46.2 Å². The van der Waals surface area contributed by atoms with E-state index in [1.54, 1.807) is 85.2 Å². The topological polar surface area (TPSA) is 152 Å². The zero-order valence-electron chi connectivity index (χ0n) is 27.8. The summed E-state index contributed by atoms with van der Waals surface area (Å²) in [7, 11) is 2.93. The molecule has 52 heavy (non-hydrogen) atoms. The molecule has 2 heterocycles. The molecule has 0 aliphatic carbocycles. The highest BCUT2D eigenvalue weighted by molar-refractivity contribution is 6.06. The fourth-order valence-corrected chi connectivity index (χ4v) is 4.40. The molecular weight excluding hydrogens is 670 g/mol. The van der Waals surface area contributed by atoms with Gasteiger partial charge in [-0.15, -0.1) is 20.5 Å². The first kappa shape index (κ1) is 36.1. The summed E-state index contributed by atoms with van der Waals surface area (Å²) in [6, 6.07) is 31.9. The standard InChI is InChI=1S/2C19H15FN4O2/c2*1-26-17-12-13(23-24-18-8-4-5-11-21-18)9-10-16(17)22-19(25)14-6-2-3-7-15(14)20/h2*2-12H,1H3,(H,22,25)/b24-23+;24-23-. The van der Waals surface area contributed by atoms with Gasteiger partial charge in [-0.2, -0.15) is 0 Å². The SMILES string of the molecule is COc1cc(/N=N/c2ccccn2)ccc1NC(=O)c1ccccc1F.COc1cc(/N=N\c2ccccn2)ccc1NC(=O)c1ccccc1F. The third-order valence-corrected chi connectivity index (χ3v) is 6.94. The van der Waals surface area contributed by atoms with E-state index in [9.17, 15) is 18.4 Å². The summed E-state index contributed by atoms with van der Waals surface area (Å²) in [6.07, 6.45) is 3.24. The van der Waals surface area contributed by atoms with Crippen LogP contribution in [0.15, 0.2) is 154 Å². The smallest absolute Gasteiger partial charge is 0.258 e. The Hall–Kier alpha value is -7.22. The van der Waals surface area contributed by atoms with Crippen molar-refractivity contribution in [3.8, 4) is 11.5 Å². The number of hydrogen-bond donors (Lipinski definition) is 2. The Morgan fingerprint density at radius 1 is 0.538 bits per heavy atom. The van der Waals surface area contributed by atoms with E-state index < -0.39 is 23.4 Å². The van der Waals surface area contributed by atoms with E-state index in [0.29, 0.717) is 45.9 Å². The normalized spacial score (nSPS) is 10.7. The lowest BCUT2D eigenvalue weighted by Crippen LogP contribution is -2.14. The van der Waals surface area contributed by atoms with E-state index >= 15 is 0 Å². The molecule has 0 spiro atoms. The van der Waals surface area contributed by atoms with Gasteiger partial charge >= 0.3 is 0 Å². The Morgan fingerprint density at radius 3 is 1.31 bits per heavy atom. The molecule has 0 saturated carbocycles. The van der Waals surface area contributed by atoms with Gasteiger partial charge in [0.15, 0.2) is 11.6 Å². The Labute approximate surface area is 296 Å². The molecule has 6 rings (SSSR count). The van der Waals surface area contributed by atoms with Gasteiger partial charge in [-0.3, -0.25) is 9.59 Å². The summed E-state index contributed by atoms with van der Waals surface area (Å²) in [6.45, 7) is 0. The molecule has 4 aromatic carbocycles. The van der Waals surface area contributed by atoms with Crippen LogP contribution in [0, 0.1) is 11.6 Å². The quantitative estimate of drug-likeness (QED) is 0.136. The Morgan fingerprint density at radius 2 is 0.942 bits per heavy atom. The van der Waals surface area contributed by atoms with Crippen LogP contribution in [0.2, 0.25) is 0 Å². The summed E-state index contributed by atoms with van der Waals surface area (Å²) in [5.41, 5.74) is 1.75. The first-order chi connectivity index (χ1) is 25.3. The lowest BCUT2D eigenvalue weighted by molar-refractivity contribution is 0.101. The number of pyridine rings is 2. The number of rotatable bonds is 10. The van der Waals surface area contributed by atoms with Crippen molar-refractivity contribution in [2.45, 2.75) is 0 Å². The molecule has 6 aromatic rings. The highest BCUT2D eigenvalue weighted by Gasteiger charge is 2.15. The zero-order chi connectivity index (χ0) is 36.7. The Bertz CT molecular complexity index is 2050. The molecule has 2 amide bonds. The summed E-state index contributed by atoms with van der Waals surface area (Å²) >= 11 is 0. The molecular formula is C38H30F2N8O4. The van der Waals surface area contributed by atoms with Crippen molar-refractivity contribution in [3.63, 3.8) is 0 Å². The van der Waals surface area contributed by atoms with Crippen molar-refractivity contribution in [1.82, 2.24) is 9.97 Å². The minimum atomic E-state index is -0.593. The van der Waals surface area contributed by atoms with Gasteiger partial charge in [0.25, 0.3) is 11.8 Å². The molecule has 0 bridgehead atoms. The number of methoxy groups -OCH3 is 2. The van der Waals surface area contributed by atoms with Crippen LogP contribution < -0.4 is 20.1 Å². The van der Waals surface area contributed by atoms with Gasteiger partial charge in [0.05, 0.1) is 48.1 Å². The fraction of sp³-hybridized carbons (Fsp3) is 0.0526. The number of ether oxygens (including phenoxy) is 2. The third-order valence-electron chi connectivity index (χ3n) is 6.94. The predicted octanol–water partition coefficient (Wildman–Crippen LogP) is 9.79. The van der Waals surface area contributed by atoms with Crippen molar-refractivity contribution in [2.24, 2.45) is 20.5 Å². The lowest BCUT2D eigenvalue weighted by atomic mass is 10.2. The van der Waals surface area contributed by atoms with Crippen LogP contribution in [0.4, 0.5) is 43.2 Å². The summed E-state index contributed by atoms with van der Waals surface area (Å²) in [5, 5.41) is 21.5. The molecule has 12 nitrogen and oxygen atoms in total. The third kappa shape index (κ3) is 9.92. The molecule has 0 radical (unpaired) electrons. The maximum Gasteiger partial charge on any atom is 0.258 e. The molecule has 0 unspecified atom stereocenters. The molecule has 2 aromatic heterocycles. The first-order valence-corrected chi connectivity index (χ1v) is 15.5. The van der Waals surface area contributed by atoms with Gasteiger partial charge in [0.2, 0.25) is 0 Å². The number of nitrogens with one attached hydrogen (secondary N) is 2. The summed E-state index contributed by atoms with van der Waals surface area (Å²) in [5.74, 6) is -0.603. The van der Waals surface area contributed by atoms with Crippen LogP contribution in [0.5, 0.6) is 11.5 Å². The molecule has 260 valence electrons. The van der Waals surface area contributed by atoms with Crippen LogP contribution in [0.25, 0.3) is 0 Å².